The first kappa shape index (κ1) is 15.0. The molecular formula is C15H24N4S. The smallest absolute Gasteiger partial charge is 0.225 e. The number of aromatic nitrogens is 2. The number of thiophene rings is 1. The summed E-state index contributed by atoms with van der Waals surface area (Å²) in [6, 6.07) is 2.62. The molecule has 0 aliphatic heterocycles. The maximum atomic E-state index is 4.59. The van der Waals surface area contributed by atoms with Crippen molar-refractivity contribution < 1.29 is 0 Å². The average Bonchev–Trinajstić information content (AvgIpc) is 2.80. The number of aryl methyl sites for hydroxylation is 1. The van der Waals surface area contributed by atoms with Crippen LogP contribution in [0.5, 0.6) is 0 Å². The Hall–Kier alpha value is -1.36. The number of fused-ring (bicyclic) bond motifs is 1. The third-order valence-electron chi connectivity index (χ3n) is 3.22. The normalized spacial score (nSPS) is 12.9. The minimum Gasteiger partial charge on any atom is -0.367 e. The molecular weight excluding hydrogens is 268 g/mol. The molecule has 0 saturated heterocycles. The Kier molecular flexibility index (Phi) is 4.81. The van der Waals surface area contributed by atoms with Crippen molar-refractivity contribution in [1.82, 2.24) is 9.97 Å². The highest BCUT2D eigenvalue weighted by molar-refractivity contribution is 7.18. The summed E-state index contributed by atoms with van der Waals surface area (Å²) in [6.45, 7) is 8.87. The van der Waals surface area contributed by atoms with E-state index in [4.69, 9.17) is 0 Å². The average molecular weight is 292 g/mol. The van der Waals surface area contributed by atoms with Gasteiger partial charge in [-0.3, -0.25) is 0 Å². The molecule has 0 fully saturated rings. The van der Waals surface area contributed by atoms with Crippen molar-refractivity contribution in [3.8, 4) is 0 Å². The lowest BCUT2D eigenvalue weighted by molar-refractivity contribution is 0.539. The van der Waals surface area contributed by atoms with Gasteiger partial charge in [0.2, 0.25) is 5.95 Å². The van der Waals surface area contributed by atoms with Gasteiger partial charge in [-0.1, -0.05) is 20.8 Å². The van der Waals surface area contributed by atoms with E-state index in [9.17, 15) is 0 Å². The molecule has 0 radical (unpaired) electrons. The van der Waals surface area contributed by atoms with Gasteiger partial charge >= 0.3 is 0 Å². The molecule has 0 amide bonds. The monoisotopic (exact) mass is 292 g/mol. The highest BCUT2D eigenvalue weighted by atomic mass is 32.1. The van der Waals surface area contributed by atoms with Crippen molar-refractivity contribution >= 4 is 33.3 Å². The zero-order valence-electron chi connectivity index (χ0n) is 12.9. The van der Waals surface area contributed by atoms with Crippen LogP contribution in [0.15, 0.2) is 6.07 Å². The summed E-state index contributed by atoms with van der Waals surface area (Å²) in [5.41, 5.74) is 0. The molecule has 2 heterocycles. The number of hydrogen-bond donors (Lipinski definition) is 2. The molecule has 1 unspecified atom stereocenters. The molecule has 1 atom stereocenters. The third-order valence-corrected chi connectivity index (χ3v) is 4.40. The third kappa shape index (κ3) is 3.39. The maximum Gasteiger partial charge on any atom is 0.225 e. The van der Waals surface area contributed by atoms with Crippen LogP contribution in [0.25, 0.3) is 10.2 Å². The molecule has 0 saturated carbocycles. The quantitative estimate of drug-likeness (QED) is 0.840. The first-order valence-electron chi connectivity index (χ1n) is 7.28. The molecule has 0 aromatic carbocycles. The minimum atomic E-state index is 0.405. The second kappa shape index (κ2) is 6.39. The molecule has 0 bridgehead atoms. The lowest BCUT2D eigenvalue weighted by Gasteiger charge is -2.17. The van der Waals surface area contributed by atoms with Crippen LogP contribution in [0.1, 0.15) is 39.0 Å². The largest absolute Gasteiger partial charge is 0.367 e. The van der Waals surface area contributed by atoms with Crippen molar-refractivity contribution in [2.75, 3.05) is 17.7 Å². The molecule has 5 heteroatoms. The predicted octanol–water partition coefficient (Wildman–Crippen LogP) is 4.14. The topological polar surface area (TPSA) is 49.8 Å². The van der Waals surface area contributed by atoms with Gasteiger partial charge in [0.05, 0.1) is 5.39 Å². The van der Waals surface area contributed by atoms with Gasteiger partial charge in [0, 0.05) is 18.0 Å². The standard InChI is InChI=1S/C15H24N4S/c1-6-11-8-12-13(17-10(4)7-9(2)3)18-15(16-5)19-14(12)20-11/h8-10H,6-7H2,1-5H3,(H2,16,17,18,19). The van der Waals surface area contributed by atoms with E-state index in [1.54, 1.807) is 11.3 Å². The van der Waals surface area contributed by atoms with E-state index >= 15 is 0 Å². The molecule has 2 aromatic heterocycles. The van der Waals surface area contributed by atoms with Crippen LogP contribution in [0.3, 0.4) is 0 Å². The van der Waals surface area contributed by atoms with Gasteiger partial charge in [0.15, 0.2) is 0 Å². The summed E-state index contributed by atoms with van der Waals surface area (Å²) in [7, 11) is 1.86. The zero-order chi connectivity index (χ0) is 14.7. The Balaban J connectivity index is 2.36. The van der Waals surface area contributed by atoms with Gasteiger partial charge in [0.1, 0.15) is 10.6 Å². The molecule has 110 valence electrons. The predicted molar refractivity (Wildman–Crippen MR) is 88.9 cm³/mol. The Morgan fingerprint density at radius 3 is 2.60 bits per heavy atom. The molecule has 0 spiro atoms. The fraction of sp³-hybridized carbons (Fsp3) is 0.600. The molecule has 2 aromatic rings. The highest BCUT2D eigenvalue weighted by Crippen LogP contribution is 2.31. The SMILES string of the molecule is CCc1cc2c(NC(C)CC(C)C)nc(NC)nc2s1. The minimum absolute atomic E-state index is 0.405. The van der Waals surface area contributed by atoms with Crippen molar-refractivity contribution in [3.63, 3.8) is 0 Å². The van der Waals surface area contributed by atoms with E-state index < -0.39 is 0 Å². The number of nitrogens with one attached hydrogen (secondary N) is 2. The number of anilines is 2. The van der Waals surface area contributed by atoms with Crippen molar-refractivity contribution in [1.29, 1.82) is 0 Å². The molecule has 0 aliphatic rings. The van der Waals surface area contributed by atoms with Crippen LogP contribution < -0.4 is 10.6 Å². The van der Waals surface area contributed by atoms with Gasteiger partial charge in [-0.25, -0.2) is 4.98 Å². The Morgan fingerprint density at radius 2 is 2.00 bits per heavy atom. The summed E-state index contributed by atoms with van der Waals surface area (Å²) in [5, 5.41) is 7.73. The van der Waals surface area contributed by atoms with E-state index in [0.29, 0.717) is 17.9 Å². The fourth-order valence-electron chi connectivity index (χ4n) is 2.37. The van der Waals surface area contributed by atoms with Crippen LogP contribution >= 0.6 is 11.3 Å². The maximum absolute atomic E-state index is 4.59. The number of hydrogen-bond acceptors (Lipinski definition) is 5. The van der Waals surface area contributed by atoms with E-state index in [0.717, 1.165) is 28.9 Å². The molecule has 0 aliphatic carbocycles. The second-order valence-electron chi connectivity index (χ2n) is 5.61. The van der Waals surface area contributed by atoms with Crippen molar-refractivity contribution in [2.24, 2.45) is 5.92 Å². The van der Waals surface area contributed by atoms with Gasteiger partial charge in [-0.15, -0.1) is 11.3 Å². The van der Waals surface area contributed by atoms with Crippen molar-refractivity contribution in [2.45, 2.75) is 46.6 Å². The molecule has 20 heavy (non-hydrogen) atoms. The van der Waals surface area contributed by atoms with E-state index in [2.05, 4.69) is 54.4 Å². The van der Waals surface area contributed by atoms with Gasteiger partial charge in [-0.05, 0) is 31.7 Å². The van der Waals surface area contributed by atoms with Crippen LogP contribution in [0, 0.1) is 5.92 Å². The first-order valence-corrected chi connectivity index (χ1v) is 8.09. The number of nitrogens with zero attached hydrogens (tertiary/aromatic N) is 2. The Bertz CT molecular complexity index is 577. The lowest BCUT2D eigenvalue weighted by Crippen LogP contribution is -2.18. The summed E-state index contributed by atoms with van der Waals surface area (Å²) >= 11 is 1.75. The second-order valence-corrected chi connectivity index (χ2v) is 6.72. The summed E-state index contributed by atoms with van der Waals surface area (Å²) < 4.78 is 0. The zero-order valence-corrected chi connectivity index (χ0v) is 13.8. The van der Waals surface area contributed by atoms with Crippen LogP contribution in [-0.2, 0) is 6.42 Å². The van der Waals surface area contributed by atoms with Crippen LogP contribution in [0.2, 0.25) is 0 Å². The lowest BCUT2D eigenvalue weighted by atomic mass is 10.1. The van der Waals surface area contributed by atoms with Gasteiger partial charge < -0.3 is 10.6 Å². The first-order chi connectivity index (χ1) is 9.53. The van der Waals surface area contributed by atoms with E-state index in [1.807, 2.05) is 7.05 Å². The van der Waals surface area contributed by atoms with E-state index in [-0.39, 0.29) is 0 Å². The van der Waals surface area contributed by atoms with Gasteiger partial charge in [0.25, 0.3) is 0 Å². The van der Waals surface area contributed by atoms with Crippen molar-refractivity contribution in [3.05, 3.63) is 10.9 Å². The summed E-state index contributed by atoms with van der Waals surface area (Å²) in [6.07, 6.45) is 2.17. The molecule has 4 nitrogen and oxygen atoms in total. The van der Waals surface area contributed by atoms with Crippen LogP contribution in [0.4, 0.5) is 11.8 Å². The van der Waals surface area contributed by atoms with E-state index in [1.165, 1.54) is 4.88 Å². The Morgan fingerprint density at radius 1 is 1.25 bits per heavy atom. The van der Waals surface area contributed by atoms with Gasteiger partial charge in [-0.2, -0.15) is 4.98 Å². The summed E-state index contributed by atoms with van der Waals surface area (Å²) in [5.74, 6) is 2.30. The van der Waals surface area contributed by atoms with Crippen LogP contribution in [-0.4, -0.2) is 23.1 Å². The molecule has 2 N–H and O–H groups in total. The fourth-order valence-corrected chi connectivity index (χ4v) is 3.33. The Labute approximate surface area is 125 Å². The summed E-state index contributed by atoms with van der Waals surface area (Å²) in [4.78, 5) is 11.5. The number of rotatable bonds is 6. The molecule has 2 rings (SSSR count). The highest BCUT2D eigenvalue weighted by Gasteiger charge is 2.13.